The van der Waals surface area contributed by atoms with E-state index in [9.17, 15) is 18.3 Å². The highest BCUT2D eigenvalue weighted by Gasteiger charge is 2.44. The number of pyridine rings is 1. The Morgan fingerprint density at radius 3 is 2.45 bits per heavy atom. The molecule has 206 valence electrons. The number of benzene rings is 1. The van der Waals surface area contributed by atoms with Gasteiger partial charge in [-0.25, -0.2) is 13.4 Å². The van der Waals surface area contributed by atoms with Gasteiger partial charge in [-0.2, -0.15) is 0 Å². The number of amides is 1. The van der Waals surface area contributed by atoms with Gasteiger partial charge in [0.15, 0.2) is 0 Å². The number of aliphatic hydroxyl groups is 1. The maximum absolute atomic E-state index is 13.6. The highest BCUT2D eigenvalue weighted by atomic mass is 32.2. The van der Waals surface area contributed by atoms with Crippen LogP contribution >= 0.6 is 0 Å². The number of aryl methyl sites for hydroxylation is 1. The zero-order valence-electron chi connectivity index (χ0n) is 22.1. The molecule has 38 heavy (non-hydrogen) atoms. The summed E-state index contributed by atoms with van der Waals surface area (Å²) >= 11 is 0. The van der Waals surface area contributed by atoms with Crippen LogP contribution in [0, 0.1) is 12.3 Å². The normalized spacial score (nSPS) is 19.8. The van der Waals surface area contributed by atoms with Gasteiger partial charge in [0.25, 0.3) is 5.91 Å². The van der Waals surface area contributed by atoms with Crippen molar-refractivity contribution in [2.75, 3.05) is 65.8 Å². The molecular formula is C27H37N5O5S. The Bertz CT molecular complexity index is 1280. The second kappa shape index (κ2) is 10.7. The maximum Gasteiger partial charge on any atom is 0.258 e. The largest absolute Gasteiger partial charge is 0.395 e. The zero-order chi connectivity index (χ0) is 26.9. The Kier molecular flexibility index (Phi) is 7.52. The second-order valence-corrected chi connectivity index (χ2v) is 12.9. The molecule has 1 spiro atoms. The molecule has 11 heteroatoms. The summed E-state index contributed by atoms with van der Waals surface area (Å²) in [6.45, 7) is 7.35. The lowest BCUT2D eigenvalue weighted by Crippen LogP contribution is -2.37. The van der Waals surface area contributed by atoms with Crippen LogP contribution in [0.5, 0.6) is 0 Å². The lowest BCUT2D eigenvalue weighted by Gasteiger charge is -2.35. The lowest BCUT2D eigenvalue weighted by atomic mass is 9.93. The van der Waals surface area contributed by atoms with Gasteiger partial charge in [-0.05, 0) is 80.8 Å². The van der Waals surface area contributed by atoms with Crippen molar-refractivity contribution in [1.82, 2.24) is 4.98 Å². The maximum atomic E-state index is 13.6. The van der Waals surface area contributed by atoms with Crippen LogP contribution in [0.15, 0.2) is 30.3 Å². The standard InChI is InChI=1S/C27H37N5O5S/c1-19-15-24(28-25(16-19)32-11-13-37-14-12-32)29-26(34)22-4-3-21(30-38(35,36)20(2)18-33)17-23(22)31-9-7-27(5-6-27)8-10-31/h3-4,15-17,20,30,33H,5-14,18H2,1-2H3,(H,28,29,34)/t20-/m1/s1. The van der Waals surface area contributed by atoms with Gasteiger partial charge >= 0.3 is 0 Å². The molecule has 0 radical (unpaired) electrons. The smallest absolute Gasteiger partial charge is 0.258 e. The first-order valence-corrected chi connectivity index (χ1v) is 14.9. The van der Waals surface area contributed by atoms with E-state index in [2.05, 4.69) is 19.8 Å². The number of sulfonamides is 1. The molecule has 5 rings (SSSR count). The molecule has 1 aromatic carbocycles. The van der Waals surface area contributed by atoms with Crippen molar-refractivity contribution in [1.29, 1.82) is 0 Å². The van der Waals surface area contributed by atoms with Gasteiger partial charge in [0.2, 0.25) is 10.0 Å². The molecule has 3 fully saturated rings. The van der Waals surface area contributed by atoms with Crippen molar-refractivity contribution < 1.29 is 23.1 Å². The van der Waals surface area contributed by atoms with Gasteiger partial charge in [0, 0.05) is 26.2 Å². The van der Waals surface area contributed by atoms with Crippen LogP contribution in [0.2, 0.25) is 0 Å². The number of nitrogens with zero attached hydrogens (tertiary/aromatic N) is 3. The number of aliphatic hydroxyl groups excluding tert-OH is 1. The molecular weight excluding hydrogens is 506 g/mol. The van der Waals surface area contributed by atoms with Gasteiger partial charge in [0.05, 0.1) is 36.8 Å². The zero-order valence-corrected chi connectivity index (χ0v) is 22.9. The van der Waals surface area contributed by atoms with Gasteiger partial charge in [0.1, 0.15) is 16.9 Å². The van der Waals surface area contributed by atoms with Crippen LogP contribution < -0.4 is 19.8 Å². The summed E-state index contributed by atoms with van der Waals surface area (Å²) in [4.78, 5) is 22.6. The Hall–Kier alpha value is -2.89. The third-order valence-electron chi connectivity index (χ3n) is 7.94. The fraction of sp³-hybridized carbons (Fsp3) is 0.556. The van der Waals surface area contributed by atoms with E-state index in [1.165, 1.54) is 19.8 Å². The molecule has 0 unspecified atom stereocenters. The third-order valence-corrected chi connectivity index (χ3v) is 9.67. The van der Waals surface area contributed by atoms with Crippen molar-refractivity contribution in [3.05, 3.63) is 41.5 Å². The van der Waals surface area contributed by atoms with Crippen molar-refractivity contribution in [3.63, 3.8) is 0 Å². The number of hydrogen-bond donors (Lipinski definition) is 3. The van der Waals surface area contributed by atoms with Crippen LogP contribution in [0.1, 0.15) is 48.5 Å². The molecule has 2 aliphatic heterocycles. The summed E-state index contributed by atoms with van der Waals surface area (Å²) in [5.41, 5.74) is 2.97. The van der Waals surface area contributed by atoms with Crippen LogP contribution in [0.4, 0.5) is 23.0 Å². The van der Waals surface area contributed by atoms with E-state index in [0.29, 0.717) is 41.4 Å². The van der Waals surface area contributed by atoms with Crippen molar-refractivity contribution >= 4 is 38.9 Å². The van der Waals surface area contributed by atoms with Crippen molar-refractivity contribution in [3.8, 4) is 0 Å². The summed E-state index contributed by atoms with van der Waals surface area (Å²) in [5.74, 6) is 0.979. The highest BCUT2D eigenvalue weighted by Crippen LogP contribution is 2.54. The van der Waals surface area contributed by atoms with Crippen LogP contribution in [0.3, 0.4) is 0 Å². The summed E-state index contributed by atoms with van der Waals surface area (Å²) in [6, 6.07) is 8.83. The monoisotopic (exact) mass is 543 g/mol. The summed E-state index contributed by atoms with van der Waals surface area (Å²) < 4.78 is 33.2. The average Bonchev–Trinajstić information content (AvgIpc) is 3.67. The number of carbonyl (C=O) groups is 1. The van der Waals surface area contributed by atoms with E-state index < -0.39 is 21.9 Å². The lowest BCUT2D eigenvalue weighted by molar-refractivity contribution is 0.102. The van der Waals surface area contributed by atoms with E-state index in [1.807, 2.05) is 19.1 Å². The molecule has 1 amide bonds. The average molecular weight is 544 g/mol. The molecule has 3 N–H and O–H groups in total. The number of rotatable bonds is 8. The first-order chi connectivity index (χ1) is 18.2. The fourth-order valence-corrected chi connectivity index (χ4v) is 6.01. The summed E-state index contributed by atoms with van der Waals surface area (Å²) in [5, 5.41) is 11.4. The number of carbonyl (C=O) groups excluding carboxylic acids is 1. The van der Waals surface area contributed by atoms with Crippen LogP contribution in [0.25, 0.3) is 0 Å². The molecule has 3 aliphatic rings. The summed E-state index contributed by atoms with van der Waals surface area (Å²) in [7, 11) is -3.76. The van der Waals surface area contributed by atoms with E-state index in [0.717, 1.165) is 50.4 Å². The quantitative estimate of drug-likeness (QED) is 0.464. The van der Waals surface area contributed by atoms with E-state index in [-0.39, 0.29) is 5.91 Å². The second-order valence-electron chi connectivity index (χ2n) is 10.8. The molecule has 2 aromatic rings. The van der Waals surface area contributed by atoms with Crippen molar-refractivity contribution in [2.45, 2.75) is 44.8 Å². The van der Waals surface area contributed by atoms with Gasteiger partial charge < -0.3 is 25.0 Å². The number of aromatic nitrogens is 1. The topological polar surface area (TPSA) is 124 Å². The number of anilines is 4. The number of ether oxygens (including phenoxy) is 1. The minimum Gasteiger partial charge on any atom is -0.395 e. The van der Waals surface area contributed by atoms with Gasteiger partial charge in [-0.3, -0.25) is 9.52 Å². The number of morpholine rings is 1. The van der Waals surface area contributed by atoms with E-state index in [4.69, 9.17) is 9.72 Å². The number of hydrogen-bond acceptors (Lipinski definition) is 8. The molecule has 2 saturated heterocycles. The fourth-order valence-electron chi connectivity index (χ4n) is 5.16. The molecule has 0 bridgehead atoms. The number of piperidine rings is 1. The third kappa shape index (κ3) is 5.89. The van der Waals surface area contributed by atoms with Crippen molar-refractivity contribution in [2.24, 2.45) is 5.41 Å². The molecule has 1 aliphatic carbocycles. The first kappa shape index (κ1) is 26.7. The first-order valence-electron chi connectivity index (χ1n) is 13.3. The minimum absolute atomic E-state index is 0.295. The molecule has 1 aromatic heterocycles. The summed E-state index contributed by atoms with van der Waals surface area (Å²) in [6.07, 6.45) is 4.65. The van der Waals surface area contributed by atoms with Gasteiger partial charge in [-0.15, -0.1) is 0 Å². The highest BCUT2D eigenvalue weighted by molar-refractivity contribution is 7.93. The van der Waals surface area contributed by atoms with E-state index >= 15 is 0 Å². The number of nitrogens with one attached hydrogen (secondary N) is 2. The SMILES string of the molecule is Cc1cc(NC(=O)c2ccc(NS(=O)(=O)[C@H](C)CO)cc2N2CCC3(CC2)CC3)nc(N2CCOCC2)c1. The molecule has 3 heterocycles. The molecule has 10 nitrogen and oxygen atoms in total. The Morgan fingerprint density at radius 2 is 1.79 bits per heavy atom. The molecule has 1 atom stereocenters. The Morgan fingerprint density at radius 1 is 1.08 bits per heavy atom. The predicted molar refractivity (Wildman–Crippen MR) is 149 cm³/mol. The Labute approximate surface area is 224 Å². The Balaban J connectivity index is 1.41. The van der Waals surface area contributed by atoms with Crippen LogP contribution in [-0.4, -0.2) is 75.7 Å². The molecule has 1 saturated carbocycles. The van der Waals surface area contributed by atoms with E-state index in [1.54, 1.807) is 18.2 Å². The predicted octanol–water partition coefficient (Wildman–Crippen LogP) is 2.98. The minimum atomic E-state index is -3.76. The van der Waals surface area contributed by atoms with Gasteiger partial charge in [-0.1, -0.05) is 0 Å². The van der Waals surface area contributed by atoms with Crippen LogP contribution in [-0.2, 0) is 14.8 Å².